The molecule has 3 rings (SSSR count). The van der Waals surface area contributed by atoms with Crippen molar-refractivity contribution in [3.8, 4) is 0 Å². The summed E-state index contributed by atoms with van der Waals surface area (Å²) >= 11 is 12.6. The summed E-state index contributed by atoms with van der Waals surface area (Å²) in [4.78, 5) is 24.7. The monoisotopic (exact) mass is 436 g/mol. The van der Waals surface area contributed by atoms with Crippen LogP contribution >= 0.6 is 23.2 Å². The molecular formula is C21H26Cl2N4O2. The third-order valence-corrected chi connectivity index (χ3v) is 6.01. The molecule has 8 heteroatoms. The van der Waals surface area contributed by atoms with Crippen LogP contribution < -0.4 is 10.6 Å². The first-order chi connectivity index (χ1) is 14.0. The van der Waals surface area contributed by atoms with Crippen LogP contribution in [0.5, 0.6) is 0 Å². The molecule has 1 heterocycles. The van der Waals surface area contributed by atoms with Gasteiger partial charge in [0.15, 0.2) is 0 Å². The SMILES string of the molecule is Cc1nn(Cc2ccccc2Cl)c(Cl)c1C(=O)NCCNC(=O)C1CCCCC1. The molecular weight excluding hydrogens is 411 g/mol. The summed E-state index contributed by atoms with van der Waals surface area (Å²) in [6, 6.07) is 7.44. The fourth-order valence-corrected chi connectivity index (χ4v) is 4.18. The number of nitrogens with zero attached hydrogens (tertiary/aromatic N) is 2. The Balaban J connectivity index is 1.53. The second-order valence-corrected chi connectivity index (χ2v) is 8.15. The van der Waals surface area contributed by atoms with Gasteiger partial charge in [-0.1, -0.05) is 60.7 Å². The molecule has 29 heavy (non-hydrogen) atoms. The molecule has 0 bridgehead atoms. The Morgan fingerprint density at radius 2 is 1.79 bits per heavy atom. The highest BCUT2D eigenvalue weighted by molar-refractivity contribution is 6.33. The molecule has 0 radical (unpaired) electrons. The van der Waals surface area contributed by atoms with E-state index >= 15 is 0 Å². The van der Waals surface area contributed by atoms with E-state index in [-0.39, 0.29) is 22.9 Å². The van der Waals surface area contributed by atoms with Crippen molar-refractivity contribution in [2.24, 2.45) is 5.92 Å². The van der Waals surface area contributed by atoms with Crippen molar-refractivity contribution in [1.29, 1.82) is 0 Å². The summed E-state index contributed by atoms with van der Waals surface area (Å²) in [5, 5.41) is 11.0. The molecule has 2 amide bonds. The number of carbonyl (C=O) groups excluding carboxylic acids is 2. The van der Waals surface area contributed by atoms with E-state index in [0.717, 1.165) is 31.2 Å². The van der Waals surface area contributed by atoms with Crippen LogP contribution in [0.1, 0.15) is 53.7 Å². The van der Waals surface area contributed by atoms with Crippen molar-refractivity contribution in [2.75, 3.05) is 13.1 Å². The summed E-state index contributed by atoms with van der Waals surface area (Å²) in [5.41, 5.74) is 1.76. The molecule has 0 atom stereocenters. The normalized spacial score (nSPS) is 14.6. The minimum Gasteiger partial charge on any atom is -0.354 e. The van der Waals surface area contributed by atoms with Crippen LogP contribution in [-0.4, -0.2) is 34.7 Å². The molecule has 156 valence electrons. The van der Waals surface area contributed by atoms with E-state index in [1.807, 2.05) is 18.2 Å². The molecule has 1 aliphatic carbocycles. The lowest BCUT2D eigenvalue weighted by Gasteiger charge is -2.20. The fourth-order valence-electron chi connectivity index (χ4n) is 3.66. The van der Waals surface area contributed by atoms with Gasteiger partial charge in [0.2, 0.25) is 5.91 Å². The molecule has 0 saturated heterocycles. The fraction of sp³-hybridized carbons (Fsp3) is 0.476. The van der Waals surface area contributed by atoms with E-state index in [1.54, 1.807) is 17.7 Å². The Labute approximate surface area is 180 Å². The third kappa shape index (κ3) is 5.52. The number of hydrogen-bond acceptors (Lipinski definition) is 3. The largest absolute Gasteiger partial charge is 0.354 e. The summed E-state index contributed by atoms with van der Waals surface area (Å²) < 4.78 is 1.57. The van der Waals surface area contributed by atoms with Crippen LogP contribution in [0.2, 0.25) is 10.2 Å². The van der Waals surface area contributed by atoms with Gasteiger partial charge in [0.25, 0.3) is 5.91 Å². The maximum absolute atomic E-state index is 12.6. The number of halogens is 2. The van der Waals surface area contributed by atoms with Crippen molar-refractivity contribution in [3.63, 3.8) is 0 Å². The van der Waals surface area contributed by atoms with Crippen molar-refractivity contribution in [2.45, 2.75) is 45.6 Å². The summed E-state index contributed by atoms with van der Waals surface area (Å²) in [6.07, 6.45) is 5.36. The van der Waals surface area contributed by atoms with Gasteiger partial charge < -0.3 is 10.6 Å². The third-order valence-electron chi connectivity index (χ3n) is 5.26. The highest BCUT2D eigenvalue weighted by atomic mass is 35.5. The molecule has 1 aromatic carbocycles. The molecule has 1 fully saturated rings. The molecule has 1 saturated carbocycles. The van der Waals surface area contributed by atoms with Gasteiger partial charge in [0, 0.05) is 24.0 Å². The van der Waals surface area contributed by atoms with Crippen LogP contribution in [-0.2, 0) is 11.3 Å². The van der Waals surface area contributed by atoms with Gasteiger partial charge in [-0.15, -0.1) is 0 Å². The van der Waals surface area contributed by atoms with Crippen LogP contribution in [0, 0.1) is 12.8 Å². The van der Waals surface area contributed by atoms with Gasteiger partial charge in [-0.3, -0.25) is 9.59 Å². The van der Waals surface area contributed by atoms with Gasteiger partial charge >= 0.3 is 0 Å². The van der Waals surface area contributed by atoms with Gasteiger partial charge in [-0.05, 0) is 31.4 Å². The number of amides is 2. The van der Waals surface area contributed by atoms with E-state index in [2.05, 4.69) is 15.7 Å². The highest BCUT2D eigenvalue weighted by Crippen LogP contribution is 2.24. The molecule has 2 aromatic rings. The minimum atomic E-state index is -0.301. The lowest BCUT2D eigenvalue weighted by atomic mass is 9.89. The quantitative estimate of drug-likeness (QED) is 0.644. The molecule has 0 aliphatic heterocycles. The minimum absolute atomic E-state index is 0.0840. The Hall–Kier alpha value is -2.05. The van der Waals surface area contributed by atoms with Crippen LogP contribution in [0.4, 0.5) is 0 Å². The van der Waals surface area contributed by atoms with Crippen LogP contribution in [0.15, 0.2) is 24.3 Å². The first-order valence-corrected chi connectivity index (χ1v) is 10.7. The zero-order chi connectivity index (χ0) is 20.8. The van der Waals surface area contributed by atoms with Crippen LogP contribution in [0.3, 0.4) is 0 Å². The van der Waals surface area contributed by atoms with Crippen molar-refractivity contribution in [1.82, 2.24) is 20.4 Å². The topological polar surface area (TPSA) is 76.0 Å². The number of nitrogens with one attached hydrogen (secondary N) is 2. The maximum Gasteiger partial charge on any atom is 0.256 e. The van der Waals surface area contributed by atoms with E-state index in [9.17, 15) is 9.59 Å². The van der Waals surface area contributed by atoms with E-state index in [1.165, 1.54) is 6.42 Å². The standard InChI is InChI=1S/C21H26Cl2N4O2/c1-14-18(19(23)27(26-14)13-16-9-5-6-10-17(16)22)21(29)25-12-11-24-20(28)15-7-3-2-4-8-15/h5-6,9-10,15H,2-4,7-8,11-13H2,1H3,(H,24,28)(H,25,29). The second kappa shape index (κ2) is 10.1. The lowest BCUT2D eigenvalue weighted by Crippen LogP contribution is -2.38. The molecule has 1 aliphatic rings. The molecule has 1 aromatic heterocycles. The first kappa shape index (κ1) is 21.7. The van der Waals surface area contributed by atoms with E-state index in [4.69, 9.17) is 23.2 Å². The summed E-state index contributed by atoms with van der Waals surface area (Å²) in [6.45, 7) is 2.85. The summed E-state index contributed by atoms with van der Waals surface area (Å²) in [5.74, 6) is -0.107. The van der Waals surface area contributed by atoms with E-state index < -0.39 is 0 Å². The van der Waals surface area contributed by atoms with Gasteiger partial charge in [-0.25, -0.2) is 4.68 Å². The molecule has 0 spiro atoms. The number of aryl methyl sites for hydroxylation is 1. The summed E-state index contributed by atoms with van der Waals surface area (Å²) in [7, 11) is 0. The van der Waals surface area contributed by atoms with Crippen molar-refractivity contribution >= 4 is 35.0 Å². The first-order valence-electron chi connectivity index (χ1n) is 9.99. The number of hydrogen-bond donors (Lipinski definition) is 2. The Morgan fingerprint density at radius 1 is 1.10 bits per heavy atom. The molecule has 0 unspecified atom stereocenters. The number of benzene rings is 1. The van der Waals surface area contributed by atoms with Gasteiger partial charge in [0.1, 0.15) is 5.15 Å². The van der Waals surface area contributed by atoms with E-state index in [0.29, 0.717) is 35.9 Å². The average Bonchev–Trinajstić information content (AvgIpc) is 3.00. The van der Waals surface area contributed by atoms with Gasteiger partial charge in [-0.2, -0.15) is 5.10 Å². The lowest BCUT2D eigenvalue weighted by molar-refractivity contribution is -0.125. The Morgan fingerprint density at radius 3 is 2.52 bits per heavy atom. The zero-order valence-electron chi connectivity index (χ0n) is 16.5. The predicted molar refractivity (Wildman–Crippen MR) is 114 cm³/mol. The van der Waals surface area contributed by atoms with Crippen molar-refractivity contribution in [3.05, 3.63) is 51.3 Å². The molecule has 2 N–H and O–H groups in total. The number of aromatic nitrogens is 2. The predicted octanol–water partition coefficient (Wildman–Crippen LogP) is 3.97. The average molecular weight is 437 g/mol. The Bertz CT molecular complexity index is 876. The number of carbonyl (C=O) groups is 2. The maximum atomic E-state index is 12.6. The Kier molecular flexibility index (Phi) is 7.56. The zero-order valence-corrected chi connectivity index (χ0v) is 18.0. The number of rotatable bonds is 7. The van der Waals surface area contributed by atoms with Crippen LogP contribution in [0.25, 0.3) is 0 Å². The van der Waals surface area contributed by atoms with Crippen molar-refractivity contribution < 1.29 is 9.59 Å². The van der Waals surface area contributed by atoms with Gasteiger partial charge in [0.05, 0.1) is 17.8 Å². The second-order valence-electron chi connectivity index (χ2n) is 7.38. The highest BCUT2D eigenvalue weighted by Gasteiger charge is 2.22. The molecule has 6 nitrogen and oxygen atoms in total. The smallest absolute Gasteiger partial charge is 0.256 e.